The lowest BCUT2D eigenvalue weighted by Crippen LogP contribution is -2.53. The van der Waals surface area contributed by atoms with Crippen molar-refractivity contribution in [2.45, 2.75) is 38.4 Å². The summed E-state index contributed by atoms with van der Waals surface area (Å²) in [7, 11) is 0. The topological polar surface area (TPSA) is 49.6 Å². The van der Waals surface area contributed by atoms with Crippen molar-refractivity contribution in [1.29, 1.82) is 0 Å². The van der Waals surface area contributed by atoms with E-state index in [0.29, 0.717) is 30.8 Å². The Bertz CT molecular complexity index is 483. The number of amides is 1. The Morgan fingerprint density at radius 2 is 2.10 bits per heavy atom. The second-order valence-corrected chi connectivity index (χ2v) is 5.64. The lowest BCUT2D eigenvalue weighted by Gasteiger charge is -2.38. The molecule has 1 aliphatic carbocycles. The van der Waals surface area contributed by atoms with Gasteiger partial charge in [0.25, 0.3) is 5.91 Å². The summed E-state index contributed by atoms with van der Waals surface area (Å²) < 4.78 is 18.7. The van der Waals surface area contributed by atoms with Crippen LogP contribution in [0, 0.1) is 6.92 Å². The Morgan fingerprint density at radius 3 is 2.65 bits per heavy atom. The van der Waals surface area contributed by atoms with Crippen LogP contribution in [0.2, 0.25) is 0 Å². The van der Waals surface area contributed by atoms with Gasteiger partial charge in [0.2, 0.25) is 0 Å². The second-order valence-electron chi connectivity index (χ2n) is 5.64. The maximum Gasteiger partial charge on any atom is 0.259 e. The number of hydrogen-bond acceptors (Lipinski definition) is 4. The Labute approximate surface area is 117 Å². The first-order valence-electron chi connectivity index (χ1n) is 7.25. The number of aromatic nitrogens is 1. The fourth-order valence-corrected chi connectivity index (χ4v) is 3.24. The van der Waals surface area contributed by atoms with Crippen LogP contribution in [-0.2, 0) is 0 Å². The van der Waals surface area contributed by atoms with Gasteiger partial charge in [-0.25, -0.2) is 4.39 Å². The molecule has 6 heteroatoms. The van der Waals surface area contributed by atoms with Crippen molar-refractivity contribution in [2.75, 3.05) is 26.2 Å². The third-order valence-corrected chi connectivity index (χ3v) is 4.45. The van der Waals surface area contributed by atoms with Gasteiger partial charge in [0, 0.05) is 32.2 Å². The average molecular weight is 281 g/mol. The molecule has 2 heterocycles. The molecule has 2 atom stereocenters. The maximum absolute atomic E-state index is 13.8. The van der Waals surface area contributed by atoms with E-state index in [9.17, 15) is 9.18 Å². The predicted octanol–water partition coefficient (Wildman–Crippen LogP) is 1.63. The highest BCUT2D eigenvalue weighted by molar-refractivity contribution is 5.94. The number of alkyl halides is 1. The van der Waals surface area contributed by atoms with Crippen molar-refractivity contribution in [1.82, 2.24) is 15.0 Å². The molecular weight excluding hydrogens is 261 g/mol. The molecule has 1 saturated heterocycles. The molecule has 1 aliphatic heterocycles. The lowest BCUT2D eigenvalue weighted by molar-refractivity contribution is 0.0487. The van der Waals surface area contributed by atoms with E-state index in [1.807, 2.05) is 0 Å². The Morgan fingerprint density at radius 1 is 1.35 bits per heavy atom. The molecule has 1 aromatic heterocycles. The molecule has 0 radical (unpaired) electrons. The molecule has 0 aromatic carbocycles. The fourth-order valence-electron chi connectivity index (χ4n) is 3.24. The quantitative estimate of drug-likeness (QED) is 0.827. The number of hydrogen-bond donors (Lipinski definition) is 0. The number of rotatable bonds is 2. The van der Waals surface area contributed by atoms with Crippen molar-refractivity contribution in [3.05, 3.63) is 17.5 Å². The number of nitrogens with zero attached hydrogens (tertiary/aromatic N) is 3. The average Bonchev–Trinajstić information content (AvgIpc) is 3.07. The Balaban J connectivity index is 1.58. The van der Waals surface area contributed by atoms with Crippen molar-refractivity contribution in [3.63, 3.8) is 0 Å². The van der Waals surface area contributed by atoms with Crippen molar-refractivity contribution in [3.8, 4) is 0 Å². The highest BCUT2D eigenvalue weighted by Crippen LogP contribution is 2.27. The molecule has 110 valence electrons. The van der Waals surface area contributed by atoms with Crippen LogP contribution in [0.1, 0.15) is 35.4 Å². The zero-order valence-electron chi connectivity index (χ0n) is 11.7. The predicted molar refractivity (Wildman–Crippen MR) is 71.3 cm³/mol. The molecule has 1 saturated carbocycles. The van der Waals surface area contributed by atoms with E-state index in [1.54, 1.807) is 11.8 Å². The minimum Gasteiger partial charge on any atom is -0.361 e. The molecule has 1 amide bonds. The smallest absolute Gasteiger partial charge is 0.259 e. The summed E-state index contributed by atoms with van der Waals surface area (Å²) in [5, 5.41) is 3.64. The standard InChI is InChI=1S/C14H20FN3O2/c1-10-11(9-16-20-10)14(19)18-7-5-17(6-8-18)13-4-2-3-12(13)15/h9,12-13H,2-8H2,1H3. The van der Waals surface area contributed by atoms with Crippen molar-refractivity contribution in [2.24, 2.45) is 0 Å². The molecule has 20 heavy (non-hydrogen) atoms. The Kier molecular flexibility index (Phi) is 3.74. The summed E-state index contributed by atoms with van der Waals surface area (Å²) in [6, 6.07) is 0.0598. The van der Waals surface area contributed by atoms with Crippen LogP contribution in [0.5, 0.6) is 0 Å². The van der Waals surface area contributed by atoms with Crippen molar-refractivity contribution >= 4 is 5.91 Å². The summed E-state index contributed by atoms with van der Waals surface area (Å²) in [5.41, 5.74) is 0.530. The lowest BCUT2D eigenvalue weighted by atomic mass is 10.1. The van der Waals surface area contributed by atoms with E-state index in [0.717, 1.165) is 25.9 Å². The normalized spacial score (nSPS) is 28.0. The maximum atomic E-state index is 13.8. The van der Waals surface area contributed by atoms with E-state index in [-0.39, 0.29) is 11.9 Å². The van der Waals surface area contributed by atoms with Crippen LogP contribution >= 0.6 is 0 Å². The third kappa shape index (κ3) is 2.44. The van der Waals surface area contributed by atoms with Gasteiger partial charge in [-0.05, 0) is 26.2 Å². The second kappa shape index (κ2) is 5.52. The summed E-state index contributed by atoms with van der Waals surface area (Å²) in [4.78, 5) is 16.3. The Hall–Kier alpha value is -1.43. The molecule has 2 unspecified atom stereocenters. The number of carbonyl (C=O) groups excluding carboxylic acids is 1. The molecule has 0 spiro atoms. The van der Waals surface area contributed by atoms with Gasteiger partial charge in [-0.2, -0.15) is 0 Å². The molecular formula is C14H20FN3O2. The van der Waals surface area contributed by atoms with E-state index in [2.05, 4.69) is 10.1 Å². The summed E-state index contributed by atoms with van der Waals surface area (Å²) in [5.74, 6) is 0.517. The van der Waals surface area contributed by atoms with E-state index < -0.39 is 6.17 Å². The third-order valence-electron chi connectivity index (χ3n) is 4.45. The monoisotopic (exact) mass is 281 g/mol. The molecule has 1 aromatic rings. The van der Waals surface area contributed by atoms with E-state index >= 15 is 0 Å². The van der Waals surface area contributed by atoms with Crippen LogP contribution in [0.25, 0.3) is 0 Å². The van der Waals surface area contributed by atoms with Gasteiger partial charge in [0.15, 0.2) is 0 Å². The van der Waals surface area contributed by atoms with Crippen LogP contribution in [0.3, 0.4) is 0 Å². The van der Waals surface area contributed by atoms with Crippen molar-refractivity contribution < 1.29 is 13.7 Å². The highest BCUT2D eigenvalue weighted by Gasteiger charge is 2.34. The number of halogens is 1. The highest BCUT2D eigenvalue weighted by atomic mass is 19.1. The van der Waals surface area contributed by atoms with Gasteiger partial charge in [-0.3, -0.25) is 9.69 Å². The zero-order chi connectivity index (χ0) is 14.1. The summed E-state index contributed by atoms with van der Waals surface area (Å²) in [6.45, 7) is 4.53. The van der Waals surface area contributed by atoms with Gasteiger partial charge in [0.1, 0.15) is 17.5 Å². The first-order valence-corrected chi connectivity index (χ1v) is 7.25. The molecule has 0 bridgehead atoms. The van der Waals surface area contributed by atoms with Crippen LogP contribution < -0.4 is 0 Å². The first-order chi connectivity index (χ1) is 9.66. The van der Waals surface area contributed by atoms with E-state index in [1.165, 1.54) is 6.20 Å². The number of carbonyl (C=O) groups is 1. The minimum absolute atomic E-state index is 0.0355. The molecule has 0 N–H and O–H groups in total. The van der Waals surface area contributed by atoms with Crippen LogP contribution in [-0.4, -0.2) is 59.3 Å². The fraction of sp³-hybridized carbons (Fsp3) is 0.714. The molecule has 2 fully saturated rings. The largest absolute Gasteiger partial charge is 0.361 e. The number of aryl methyl sites for hydroxylation is 1. The van der Waals surface area contributed by atoms with Gasteiger partial charge in [0.05, 0.1) is 6.20 Å². The molecule has 5 nitrogen and oxygen atoms in total. The summed E-state index contributed by atoms with van der Waals surface area (Å²) in [6.07, 6.45) is 3.38. The van der Waals surface area contributed by atoms with E-state index in [4.69, 9.17) is 4.52 Å². The molecule has 3 rings (SSSR count). The van der Waals surface area contributed by atoms with Crippen LogP contribution in [0.4, 0.5) is 4.39 Å². The van der Waals surface area contributed by atoms with Gasteiger partial charge in [-0.15, -0.1) is 0 Å². The van der Waals surface area contributed by atoms with Gasteiger partial charge in [-0.1, -0.05) is 5.16 Å². The first kappa shape index (κ1) is 13.5. The molecule has 2 aliphatic rings. The zero-order valence-corrected chi connectivity index (χ0v) is 11.7. The van der Waals surface area contributed by atoms with Gasteiger partial charge < -0.3 is 9.42 Å². The SMILES string of the molecule is Cc1oncc1C(=O)N1CCN(C2CCCC2F)CC1. The van der Waals surface area contributed by atoms with Crippen LogP contribution in [0.15, 0.2) is 10.7 Å². The number of piperazine rings is 1. The van der Waals surface area contributed by atoms with Gasteiger partial charge >= 0.3 is 0 Å². The summed E-state index contributed by atoms with van der Waals surface area (Å²) >= 11 is 0. The minimum atomic E-state index is -0.697.